The Morgan fingerprint density at radius 1 is 1.71 bits per heavy atom. The Balaban J connectivity index is 2.39. The van der Waals surface area contributed by atoms with Crippen molar-refractivity contribution in [1.29, 1.82) is 0 Å². The lowest BCUT2D eigenvalue weighted by Crippen LogP contribution is -2.53. The van der Waals surface area contributed by atoms with Crippen molar-refractivity contribution < 1.29 is 0 Å². The number of nitrogens with one attached hydrogen (secondary N) is 1. The van der Waals surface area contributed by atoms with Gasteiger partial charge in [0.15, 0.2) is 0 Å². The molecule has 0 spiro atoms. The standard InChI is InChI=1S/C11H21ClN2/c1-4-9(2)11-8-14(6-5-13-11)7-10(3)12/h9,11,13H,3-8H2,1-2H3. The molecule has 0 amide bonds. The van der Waals surface area contributed by atoms with E-state index < -0.39 is 0 Å². The minimum absolute atomic E-state index is 0.616. The minimum Gasteiger partial charge on any atom is -0.311 e. The Labute approximate surface area is 92.3 Å². The first-order valence-electron chi connectivity index (χ1n) is 5.42. The zero-order valence-electron chi connectivity index (χ0n) is 9.22. The molecule has 0 saturated carbocycles. The number of hydrogen-bond donors (Lipinski definition) is 1. The summed E-state index contributed by atoms with van der Waals surface area (Å²) in [4.78, 5) is 2.38. The fourth-order valence-electron chi connectivity index (χ4n) is 1.89. The van der Waals surface area contributed by atoms with E-state index in [9.17, 15) is 0 Å². The summed E-state index contributed by atoms with van der Waals surface area (Å²) >= 11 is 5.82. The molecule has 0 aromatic heterocycles. The Kier molecular flexibility index (Phi) is 4.93. The Bertz CT molecular complexity index is 194. The minimum atomic E-state index is 0.616. The van der Waals surface area contributed by atoms with Crippen molar-refractivity contribution in [3.05, 3.63) is 11.6 Å². The van der Waals surface area contributed by atoms with Gasteiger partial charge in [-0.05, 0) is 5.92 Å². The number of piperazine rings is 1. The highest BCUT2D eigenvalue weighted by Crippen LogP contribution is 2.13. The van der Waals surface area contributed by atoms with Crippen LogP contribution >= 0.6 is 11.6 Å². The van der Waals surface area contributed by atoms with Crippen LogP contribution in [0, 0.1) is 5.92 Å². The van der Waals surface area contributed by atoms with Crippen LogP contribution in [0.2, 0.25) is 0 Å². The number of hydrogen-bond acceptors (Lipinski definition) is 2. The molecule has 0 aromatic rings. The predicted molar refractivity (Wildman–Crippen MR) is 62.7 cm³/mol. The van der Waals surface area contributed by atoms with Crippen molar-refractivity contribution in [2.75, 3.05) is 26.2 Å². The molecule has 2 nitrogen and oxygen atoms in total. The van der Waals surface area contributed by atoms with E-state index in [1.807, 2.05) is 0 Å². The summed E-state index contributed by atoms with van der Waals surface area (Å²) in [5, 5.41) is 4.30. The van der Waals surface area contributed by atoms with Crippen LogP contribution in [0.4, 0.5) is 0 Å². The highest BCUT2D eigenvalue weighted by molar-refractivity contribution is 6.29. The van der Waals surface area contributed by atoms with E-state index in [0.717, 1.165) is 37.1 Å². The zero-order valence-corrected chi connectivity index (χ0v) is 9.98. The van der Waals surface area contributed by atoms with Gasteiger partial charge in [-0.25, -0.2) is 0 Å². The molecule has 2 unspecified atom stereocenters. The third-order valence-corrected chi connectivity index (χ3v) is 3.13. The summed E-state index contributed by atoms with van der Waals surface area (Å²) in [6.45, 7) is 12.4. The second kappa shape index (κ2) is 5.74. The summed E-state index contributed by atoms with van der Waals surface area (Å²) in [6.07, 6.45) is 1.23. The molecule has 1 rings (SSSR count). The van der Waals surface area contributed by atoms with Crippen molar-refractivity contribution in [3.8, 4) is 0 Å². The van der Waals surface area contributed by atoms with Crippen LogP contribution in [0.15, 0.2) is 11.6 Å². The molecule has 14 heavy (non-hydrogen) atoms. The molecule has 0 aliphatic carbocycles. The molecule has 1 aliphatic rings. The highest BCUT2D eigenvalue weighted by Gasteiger charge is 2.22. The van der Waals surface area contributed by atoms with Gasteiger partial charge in [-0.3, -0.25) is 4.90 Å². The van der Waals surface area contributed by atoms with E-state index >= 15 is 0 Å². The molecule has 0 aromatic carbocycles. The van der Waals surface area contributed by atoms with Gasteiger partial charge in [0.05, 0.1) is 0 Å². The van der Waals surface area contributed by atoms with E-state index in [4.69, 9.17) is 11.6 Å². The van der Waals surface area contributed by atoms with Crippen LogP contribution in [0.25, 0.3) is 0 Å². The van der Waals surface area contributed by atoms with Gasteiger partial charge >= 0.3 is 0 Å². The summed E-state index contributed by atoms with van der Waals surface area (Å²) in [5.41, 5.74) is 0. The Morgan fingerprint density at radius 2 is 2.43 bits per heavy atom. The molecule has 1 N–H and O–H groups in total. The Hall–Kier alpha value is -0.0500. The average molecular weight is 217 g/mol. The van der Waals surface area contributed by atoms with Crippen LogP contribution in [-0.2, 0) is 0 Å². The van der Waals surface area contributed by atoms with Gasteiger partial charge in [-0.2, -0.15) is 0 Å². The lowest BCUT2D eigenvalue weighted by molar-refractivity contribution is 0.181. The fraction of sp³-hybridized carbons (Fsp3) is 0.818. The Morgan fingerprint density at radius 3 is 3.00 bits per heavy atom. The molecule has 1 saturated heterocycles. The van der Waals surface area contributed by atoms with E-state index in [0.29, 0.717) is 6.04 Å². The van der Waals surface area contributed by atoms with Crippen LogP contribution in [0.1, 0.15) is 20.3 Å². The van der Waals surface area contributed by atoms with Crippen LogP contribution in [0.3, 0.4) is 0 Å². The largest absolute Gasteiger partial charge is 0.311 e. The first kappa shape index (κ1) is 12.0. The maximum atomic E-state index is 5.82. The van der Waals surface area contributed by atoms with Gasteiger partial charge in [0.25, 0.3) is 0 Å². The van der Waals surface area contributed by atoms with Gasteiger partial charge in [0.2, 0.25) is 0 Å². The molecule has 1 aliphatic heterocycles. The van der Waals surface area contributed by atoms with Gasteiger partial charge < -0.3 is 5.32 Å². The molecular weight excluding hydrogens is 196 g/mol. The number of rotatable bonds is 4. The lowest BCUT2D eigenvalue weighted by atomic mass is 9.97. The van der Waals surface area contributed by atoms with Crippen molar-refractivity contribution >= 4 is 11.6 Å². The number of halogens is 1. The first-order chi connectivity index (χ1) is 6.63. The molecule has 0 bridgehead atoms. The molecule has 1 heterocycles. The van der Waals surface area contributed by atoms with E-state index in [1.165, 1.54) is 6.42 Å². The van der Waals surface area contributed by atoms with Crippen molar-refractivity contribution in [3.63, 3.8) is 0 Å². The van der Waals surface area contributed by atoms with Crippen LogP contribution in [0.5, 0.6) is 0 Å². The highest BCUT2D eigenvalue weighted by atomic mass is 35.5. The van der Waals surface area contributed by atoms with Gasteiger partial charge in [-0.1, -0.05) is 38.4 Å². The van der Waals surface area contributed by atoms with Crippen molar-refractivity contribution in [2.45, 2.75) is 26.3 Å². The molecule has 3 heteroatoms. The predicted octanol–water partition coefficient (Wildman–Crippen LogP) is 2.06. The summed E-state index contributed by atoms with van der Waals surface area (Å²) in [7, 11) is 0. The van der Waals surface area contributed by atoms with Gasteiger partial charge in [0.1, 0.15) is 0 Å². The second-order valence-corrected chi connectivity index (χ2v) is 4.73. The van der Waals surface area contributed by atoms with Crippen LogP contribution in [-0.4, -0.2) is 37.1 Å². The van der Waals surface area contributed by atoms with Gasteiger partial charge in [0, 0.05) is 37.3 Å². The van der Waals surface area contributed by atoms with E-state index in [1.54, 1.807) is 0 Å². The van der Waals surface area contributed by atoms with E-state index in [2.05, 4.69) is 30.6 Å². The third-order valence-electron chi connectivity index (χ3n) is 3.02. The van der Waals surface area contributed by atoms with Crippen molar-refractivity contribution in [1.82, 2.24) is 10.2 Å². The summed E-state index contributed by atoms with van der Waals surface area (Å²) in [5.74, 6) is 0.737. The monoisotopic (exact) mass is 216 g/mol. The second-order valence-electron chi connectivity index (χ2n) is 4.20. The lowest BCUT2D eigenvalue weighted by Gasteiger charge is -2.36. The normalized spacial score (nSPS) is 26.1. The smallest absolute Gasteiger partial charge is 0.0336 e. The molecule has 0 radical (unpaired) electrons. The van der Waals surface area contributed by atoms with Crippen LogP contribution < -0.4 is 5.32 Å². The molecular formula is C11H21ClN2. The van der Waals surface area contributed by atoms with Gasteiger partial charge in [-0.15, -0.1) is 0 Å². The summed E-state index contributed by atoms with van der Waals surface area (Å²) in [6, 6.07) is 0.616. The fourth-order valence-corrected chi connectivity index (χ4v) is 2.06. The molecule has 1 fully saturated rings. The first-order valence-corrected chi connectivity index (χ1v) is 5.80. The van der Waals surface area contributed by atoms with E-state index in [-0.39, 0.29) is 0 Å². The zero-order chi connectivity index (χ0) is 10.6. The molecule has 82 valence electrons. The summed E-state index contributed by atoms with van der Waals surface area (Å²) < 4.78 is 0. The SMILES string of the molecule is C=C(Cl)CN1CCNC(C(C)CC)C1. The average Bonchev–Trinajstić information content (AvgIpc) is 2.16. The topological polar surface area (TPSA) is 15.3 Å². The van der Waals surface area contributed by atoms with Crippen molar-refractivity contribution in [2.24, 2.45) is 5.92 Å². The number of nitrogens with zero attached hydrogens (tertiary/aromatic N) is 1. The quantitative estimate of drug-likeness (QED) is 0.774. The third kappa shape index (κ3) is 3.60. The molecule has 2 atom stereocenters. The maximum Gasteiger partial charge on any atom is 0.0336 e. The maximum absolute atomic E-state index is 5.82.